The molecule has 0 spiro atoms. The number of esters is 1. The highest BCUT2D eigenvalue weighted by atomic mass is 32.2. The van der Waals surface area contributed by atoms with Crippen LogP contribution in [0, 0.1) is 17.3 Å². The maximum atomic E-state index is 12.3. The Balaban J connectivity index is 1.68. The zero-order valence-electron chi connectivity index (χ0n) is 11.2. The first-order valence-corrected chi connectivity index (χ1v) is 8.66. The Kier molecular flexibility index (Phi) is 3.15. The van der Waals surface area contributed by atoms with Crippen LogP contribution in [0.4, 0.5) is 0 Å². The fraction of sp³-hybridized carbons (Fsp3) is 0.923. The lowest BCUT2D eigenvalue weighted by molar-refractivity contribution is -0.195. The molecule has 2 N–H and O–H groups in total. The number of rotatable bonds is 4. The summed E-state index contributed by atoms with van der Waals surface area (Å²) in [6.45, 7) is -0.326. The lowest BCUT2D eigenvalue weighted by Gasteiger charge is -2.58. The molecule has 0 heterocycles. The SMILES string of the molecule is O=C(OCCS(=O)(=O)O)C12CC3CC(CC(O)(C3)C1)C2. The summed E-state index contributed by atoms with van der Waals surface area (Å²) in [4.78, 5) is 12.3. The van der Waals surface area contributed by atoms with Crippen LogP contribution in [0.25, 0.3) is 0 Å². The van der Waals surface area contributed by atoms with Crippen molar-refractivity contribution in [1.29, 1.82) is 0 Å². The Bertz CT molecular complexity index is 511. The van der Waals surface area contributed by atoms with Gasteiger partial charge in [-0.15, -0.1) is 0 Å². The molecule has 4 aliphatic carbocycles. The zero-order valence-corrected chi connectivity index (χ0v) is 12.1. The third-order valence-electron chi connectivity index (χ3n) is 5.04. The van der Waals surface area contributed by atoms with Gasteiger partial charge in [-0.3, -0.25) is 9.35 Å². The van der Waals surface area contributed by atoms with Crippen LogP contribution in [0.3, 0.4) is 0 Å². The Labute approximate surface area is 118 Å². The van der Waals surface area contributed by atoms with E-state index >= 15 is 0 Å². The van der Waals surface area contributed by atoms with Crippen molar-refractivity contribution in [3.05, 3.63) is 0 Å². The van der Waals surface area contributed by atoms with Gasteiger partial charge in [0.15, 0.2) is 0 Å². The molecule has 0 amide bonds. The van der Waals surface area contributed by atoms with Gasteiger partial charge in [0.2, 0.25) is 0 Å². The second-order valence-corrected chi connectivity index (χ2v) is 8.46. The summed E-state index contributed by atoms with van der Waals surface area (Å²) in [5.74, 6) is -0.245. The molecule has 6 nitrogen and oxygen atoms in total. The molecule has 0 radical (unpaired) electrons. The number of hydrogen-bond donors (Lipinski definition) is 2. The Morgan fingerprint density at radius 3 is 2.30 bits per heavy atom. The Hall–Kier alpha value is -0.660. The van der Waals surface area contributed by atoms with Crippen molar-refractivity contribution in [2.45, 2.75) is 44.1 Å². The molecule has 4 fully saturated rings. The van der Waals surface area contributed by atoms with Crippen molar-refractivity contribution in [2.75, 3.05) is 12.4 Å². The van der Waals surface area contributed by atoms with Gasteiger partial charge in [-0.1, -0.05) is 0 Å². The topological polar surface area (TPSA) is 101 Å². The van der Waals surface area contributed by atoms with E-state index in [0.29, 0.717) is 18.3 Å². The molecule has 4 bridgehead atoms. The van der Waals surface area contributed by atoms with Gasteiger partial charge in [-0.2, -0.15) is 8.42 Å². The van der Waals surface area contributed by atoms with Crippen molar-refractivity contribution in [3.8, 4) is 0 Å². The van der Waals surface area contributed by atoms with Gasteiger partial charge in [-0.05, 0) is 50.4 Å². The fourth-order valence-corrected chi connectivity index (χ4v) is 5.14. The molecular formula is C13H20O6S. The first kappa shape index (κ1) is 14.3. The minimum absolute atomic E-state index is 0.326. The van der Waals surface area contributed by atoms with E-state index < -0.39 is 32.9 Å². The molecule has 4 rings (SSSR count). The molecule has 114 valence electrons. The zero-order chi connectivity index (χ0) is 14.6. The van der Waals surface area contributed by atoms with E-state index in [0.717, 1.165) is 32.1 Å². The highest BCUT2D eigenvalue weighted by Gasteiger charge is 2.60. The molecule has 0 saturated heterocycles. The molecule has 0 aromatic rings. The summed E-state index contributed by atoms with van der Waals surface area (Å²) in [7, 11) is -4.11. The normalized spacial score (nSPS) is 42.7. The van der Waals surface area contributed by atoms with Gasteiger partial charge in [0.05, 0.1) is 11.0 Å². The monoisotopic (exact) mass is 304 g/mol. The molecule has 4 saturated carbocycles. The van der Waals surface area contributed by atoms with E-state index in [1.54, 1.807) is 0 Å². The predicted molar refractivity (Wildman–Crippen MR) is 69.4 cm³/mol. The van der Waals surface area contributed by atoms with Gasteiger partial charge in [0, 0.05) is 0 Å². The number of carbonyl (C=O) groups is 1. The molecule has 4 aliphatic rings. The highest BCUT2D eigenvalue weighted by molar-refractivity contribution is 7.85. The van der Waals surface area contributed by atoms with E-state index in [4.69, 9.17) is 9.29 Å². The van der Waals surface area contributed by atoms with E-state index in [1.807, 2.05) is 0 Å². The van der Waals surface area contributed by atoms with Crippen LogP contribution >= 0.6 is 0 Å². The standard InChI is InChI=1S/C13H20O6S/c14-11(19-1-2-20(16,17)18)12-4-9-3-10(5-12)7-13(15,6-9)8-12/h9-10,15H,1-8H2,(H,16,17,18). The third-order valence-corrected chi connectivity index (χ3v) is 5.72. The summed E-state index contributed by atoms with van der Waals surface area (Å²) < 4.78 is 35.0. The van der Waals surface area contributed by atoms with Gasteiger partial charge < -0.3 is 9.84 Å². The van der Waals surface area contributed by atoms with Crippen LogP contribution in [0.2, 0.25) is 0 Å². The molecule has 7 heteroatoms. The van der Waals surface area contributed by atoms with Crippen molar-refractivity contribution in [2.24, 2.45) is 17.3 Å². The Morgan fingerprint density at radius 1 is 1.20 bits per heavy atom. The summed E-state index contributed by atoms with van der Waals surface area (Å²) in [5.41, 5.74) is -1.38. The van der Waals surface area contributed by atoms with Crippen LogP contribution in [-0.2, 0) is 19.6 Å². The number of aliphatic hydroxyl groups is 1. The largest absolute Gasteiger partial charge is 0.464 e. The van der Waals surface area contributed by atoms with Crippen molar-refractivity contribution >= 4 is 16.1 Å². The van der Waals surface area contributed by atoms with Gasteiger partial charge >= 0.3 is 5.97 Å². The van der Waals surface area contributed by atoms with Crippen LogP contribution in [-0.4, -0.2) is 42.0 Å². The summed E-state index contributed by atoms with van der Waals surface area (Å²) in [5, 5.41) is 10.5. The fourth-order valence-electron chi connectivity index (χ4n) is 4.85. The van der Waals surface area contributed by atoms with Gasteiger partial charge in [-0.25, -0.2) is 0 Å². The maximum absolute atomic E-state index is 12.3. The van der Waals surface area contributed by atoms with E-state index in [9.17, 15) is 18.3 Å². The van der Waals surface area contributed by atoms with Crippen LogP contribution in [0.1, 0.15) is 38.5 Å². The first-order chi connectivity index (χ1) is 9.20. The number of carbonyl (C=O) groups excluding carboxylic acids is 1. The molecule has 2 unspecified atom stereocenters. The average Bonchev–Trinajstić information content (AvgIpc) is 2.23. The minimum Gasteiger partial charge on any atom is -0.464 e. The van der Waals surface area contributed by atoms with E-state index in [2.05, 4.69) is 0 Å². The molecule has 0 aliphatic heterocycles. The Morgan fingerprint density at radius 2 is 1.80 bits per heavy atom. The van der Waals surface area contributed by atoms with Crippen molar-refractivity contribution < 1.29 is 27.6 Å². The third kappa shape index (κ3) is 2.58. The average molecular weight is 304 g/mol. The van der Waals surface area contributed by atoms with Gasteiger partial charge in [0.25, 0.3) is 10.1 Å². The molecule has 2 atom stereocenters. The lowest BCUT2D eigenvalue weighted by atomic mass is 9.48. The summed E-state index contributed by atoms with van der Waals surface area (Å²) in [6, 6.07) is 0. The van der Waals surface area contributed by atoms with Gasteiger partial charge in [0.1, 0.15) is 12.4 Å². The maximum Gasteiger partial charge on any atom is 0.312 e. The molecule has 0 aromatic carbocycles. The highest BCUT2D eigenvalue weighted by Crippen LogP contribution is 2.61. The van der Waals surface area contributed by atoms with Crippen LogP contribution in [0.5, 0.6) is 0 Å². The lowest BCUT2D eigenvalue weighted by Crippen LogP contribution is -2.58. The van der Waals surface area contributed by atoms with E-state index in [1.165, 1.54) is 0 Å². The summed E-state index contributed by atoms with van der Waals surface area (Å²) >= 11 is 0. The van der Waals surface area contributed by atoms with Crippen LogP contribution < -0.4 is 0 Å². The number of ether oxygens (including phenoxy) is 1. The van der Waals surface area contributed by atoms with E-state index in [-0.39, 0.29) is 6.61 Å². The molecular weight excluding hydrogens is 284 g/mol. The van der Waals surface area contributed by atoms with Crippen LogP contribution in [0.15, 0.2) is 0 Å². The molecule has 0 aromatic heterocycles. The number of hydrogen-bond acceptors (Lipinski definition) is 5. The quantitative estimate of drug-likeness (QED) is 0.587. The predicted octanol–water partition coefficient (Wildman–Crippen LogP) is 0.749. The second-order valence-electron chi connectivity index (χ2n) is 6.89. The van der Waals surface area contributed by atoms with Crippen molar-refractivity contribution in [1.82, 2.24) is 0 Å². The smallest absolute Gasteiger partial charge is 0.312 e. The molecule has 20 heavy (non-hydrogen) atoms. The van der Waals surface area contributed by atoms with Crippen molar-refractivity contribution in [3.63, 3.8) is 0 Å². The second kappa shape index (κ2) is 4.42. The summed E-state index contributed by atoms with van der Waals surface area (Å²) in [6.07, 6.45) is 4.50. The first-order valence-electron chi connectivity index (χ1n) is 7.05. The minimum atomic E-state index is -4.11.